The molecule has 4 heteroatoms. The average Bonchev–Trinajstić information content (AvgIpc) is 2.72. The summed E-state index contributed by atoms with van der Waals surface area (Å²) in [6, 6.07) is 2.74. The smallest absolute Gasteiger partial charge is 0.213 e. The predicted molar refractivity (Wildman–Crippen MR) is 65.2 cm³/mol. The van der Waals surface area contributed by atoms with Gasteiger partial charge in [-0.2, -0.15) is 0 Å². The van der Waals surface area contributed by atoms with E-state index < -0.39 is 0 Å². The second-order valence-corrected chi connectivity index (χ2v) is 5.14. The van der Waals surface area contributed by atoms with Gasteiger partial charge < -0.3 is 4.48 Å². The maximum absolute atomic E-state index is 8.73. The van der Waals surface area contributed by atoms with Crippen molar-refractivity contribution in [1.82, 2.24) is 4.90 Å². The fourth-order valence-electron chi connectivity index (χ4n) is 3.36. The SMILES string of the molecule is CN1CC[C@@H]2CCc3cc[n+]([B-]C#N)cc3[C@@H]21. The molecular formula is C13H16BN3. The van der Waals surface area contributed by atoms with Crippen LogP contribution in [-0.4, -0.2) is 25.9 Å². The lowest BCUT2D eigenvalue weighted by molar-refractivity contribution is -0.527. The summed E-state index contributed by atoms with van der Waals surface area (Å²) in [5.41, 5.74) is 2.89. The Morgan fingerprint density at radius 2 is 2.41 bits per heavy atom. The van der Waals surface area contributed by atoms with E-state index in [0.29, 0.717) is 6.04 Å². The van der Waals surface area contributed by atoms with Gasteiger partial charge in [0.2, 0.25) is 7.41 Å². The van der Waals surface area contributed by atoms with Crippen LogP contribution in [0.5, 0.6) is 0 Å². The van der Waals surface area contributed by atoms with Gasteiger partial charge in [0.1, 0.15) is 12.4 Å². The summed E-state index contributed by atoms with van der Waals surface area (Å²) in [6.07, 6.45) is 7.94. The molecule has 0 unspecified atom stereocenters. The second-order valence-electron chi connectivity index (χ2n) is 5.14. The van der Waals surface area contributed by atoms with Gasteiger partial charge in [-0.05, 0) is 44.3 Å². The molecule has 2 radical (unpaired) electrons. The number of rotatable bonds is 1. The van der Waals surface area contributed by atoms with E-state index in [4.69, 9.17) is 5.26 Å². The zero-order valence-corrected chi connectivity index (χ0v) is 10.1. The fraction of sp³-hybridized carbons (Fsp3) is 0.538. The summed E-state index contributed by atoms with van der Waals surface area (Å²) in [6.45, 7) is 1.20. The van der Waals surface area contributed by atoms with Crippen molar-refractivity contribution in [3.05, 3.63) is 29.6 Å². The van der Waals surface area contributed by atoms with E-state index in [0.717, 1.165) is 5.92 Å². The number of fused-ring (bicyclic) bond motifs is 3. The Hall–Kier alpha value is -1.34. The van der Waals surface area contributed by atoms with Crippen LogP contribution in [0.3, 0.4) is 0 Å². The molecule has 0 saturated carbocycles. The highest BCUT2D eigenvalue weighted by molar-refractivity contribution is 6.35. The summed E-state index contributed by atoms with van der Waals surface area (Å²) < 4.78 is 1.88. The van der Waals surface area contributed by atoms with Gasteiger partial charge in [-0.1, -0.05) is 0 Å². The van der Waals surface area contributed by atoms with Crippen molar-refractivity contribution in [1.29, 1.82) is 5.26 Å². The van der Waals surface area contributed by atoms with Crippen LogP contribution in [-0.2, 0) is 6.42 Å². The predicted octanol–water partition coefficient (Wildman–Crippen LogP) is 0.861. The number of nitriles is 1. The van der Waals surface area contributed by atoms with Crippen molar-refractivity contribution >= 4 is 7.41 Å². The fourth-order valence-corrected chi connectivity index (χ4v) is 3.36. The van der Waals surface area contributed by atoms with Gasteiger partial charge in [0.25, 0.3) is 0 Å². The van der Waals surface area contributed by atoms with E-state index >= 15 is 0 Å². The Kier molecular flexibility index (Phi) is 2.64. The van der Waals surface area contributed by atoms with Crippen molar-refractivity contribution < 1.29 is 4.48 Å². The topological polar surface area (TPSA) is 30.9 Å². The number of likely N-dealkylation sites (tertiary alicyclic amines) is 1. The minimum Gasteiger partial charge on any atom is -0.461 e. The second kappa shape index (κ2) is 4.16. The van der Waals surface area contributed by atoms with Gasteiger partial charge in [-0.15, -0.1) is 5.97 Å². The molecule has 2 aliphatic rings. The molecule has 86 valence electrons. The maximum atomic E-state index is 8.73. The lowest BCUT2D eigenvalue weighted by atomic mass is 9.80. The molecule has 0 bridgehead atoms. The lowest BCUT2D eigenvalue weighted by Gasteiger charge is -2.31. The van der Waals surface area contributed by atoms with Crippen LogP contribution in [0, 0.1) is 17.1 Å². The Morgan fingerprint density at radius 1 is 1.53 bits per heavy atom. The summed E-state index contributed by atoms with van der Waals surface area (Å²) in [4.78, 5) is 2.46. The summed E-state index contributed by atoms with van der Waals surface area (Å²) >= 11 is 0. The first-order valence-corrected chi connectivity index (χ1v) is 6.26. The summed E-state index contributed by atoms with van der Waals surface area (Å²) in [5, 5.41) is 8.73. The number of aromatic nitrogens is 1. The standard InChI is InChI=1S/C13H16BN3/c1-16-6-4-11-3-2-10-5-7-17(14-9-15)8-12(10)13(11)16/h5,7-8,11,13H,2-4,6H2,1H3/t11-,13+/m0/s1. The Bertz CT molecular complexity index is 480. The molecule has 1 aromatic rings. The van der Waals surface area contributed by atoms with Crippen LogP contribution in [0.25, 0.3) is 0 Å². The van der Waals surface area contributed by atoms with Gasteiger partial charge in [-0.25, -0.2) is 5.26 Å². The molecule has 3 rings (SSSR count). The van der Waals surface area contributed by atoms with Crippen LogP contribution in [0.1, 0.15) is 30.0 Å². The maximum Gasteiger partial charge on any atom is 0.213 e. The van der Waals surface area contributed by atoms with Crippen molar-refractivity contribution in [2.75, 3.05) is 13.6 Å². The molecule has 1 fully saturated rings. The van der Waals surface area contributed by atoms with Crippen LogP contribution in [0.2, 0.25) is 0 Å². The Labute approximate surface area is 103 Å². The Morgan fingerprint density at radius 3 is 3.24 bits per heavy atom. The van der Waals surface area contributed by atoms with Crippen LogP contribution in [0.15, 0.2) is 18.5 Å². The highest BCUT2D eigenvalue weighted by Crippen LogP contribution is 2.43. The first-order chi connectivity index (χ1) is 8.29. The van der Waals surface area contributed by atoms with Crippen LogP contribution in [0.4, 0.5) is 0 Å². The molecular weight excluding hydrogens is 209 g/mol. The molecule has 0 N–H and O–H groups in total. The normalized spacial score (nSPS) is 27.3. The van der Waals surface area contributed by atoms with E-state index in [-0.39, 0.29) is 0 Å². The molecule has 1 aliphatic carbocycles. The molecule has 0 spiro atoms. The van der Waals surface area contributed by atoms with Crippen LogP contribution >= 0.6 is 0 Å². The zero-order valence-electron chi connectivity index (χ0n) is 10.1. The zero-order chi connectivity index (χ0) is 11.8. The lowest BCUT2D eigenvalue weighted by Crippen LogP contribution is -2.41. The molecule has 0 aromatic carbocycles. The minimum atomic E-state index is 0.568. The number of hydrogen-bond donors (Lipinski definition) is 0. The first kappa shape index (κ1) is 10.8. The van der Waals surface area contributed by atoms with Crippen molar-refractivity contribution in [2.45, 2.75) is 25.3 Å². The number of aryl methyl sites for hydroxylation is 1. The molecule has 0 amide bonds. The molecule has 2 heterocycles. The molecule has 3 nitrogen and oxygen atoms in total. The average molecular weight is 225 g/mol. The van der Waals surface area contributed by atoms with E-state index in [1.165, 1.54) is 36.9 Å². The summed E-state index contributed by atoms with van der Waals surface area (Å²) in [7, 11) is 3.77. The van der Waals surface area contributed by atoms with E-state index in [1.807, 2.05) is 10.7 Å². The quantitative estimate of drug-likeness (QED) is 0.664. The summed E-state index contributed by atoms with van der Waals surface area (Å²) in [5.74, 6) is 2.90. The van der Waals surface area contributed by atoms with Crippen molar-refractivity contribution in [3.63, 3.8) is 0 Å². The number of hydrogen-bond acceptors (Lipinski definition) is 2. The van der Waals surface area contributed by atoms with Gasteiger partial charge in [-0.3, -0.25) is 4.90 Å². The molecule has 1 aromatic heterocycles. The third-order valence-corrected chi connectivity index (χ3v) is 4.19. The minimum absolute atomic E-state index is 0.568. The largest absolute Gasteiger partial charge is 0.461 e. The molecule has 2 atom stereocenters. The highest BCUT2D eigenvalue weighted by atomic mass is 15.2. The van der Waals surface area contributed by atoms with E-state index in [9.17, 15) is 0 Å². The van der Waals surface area contributed by atoms with E-state index in [2.05, 4.69) is 30.2 Å². The molecule has 1 saturated heterocycles. The first-order valence-electron chi connectivity index (χ1n) is 6.26. The van der Waals surface area contributed by atoms with Gasteiger partial charge in [0.05, 0.1) is 0 Å². The third-order valence-electron chi connectivity index (χ3n) is 4.19. The van der Waals surface area contributed by atoms with Crippen molar-refractivity contribution in [3.8, 4) is 5.97 Å². The van der Waals surface area contributed by atoms with E-state index in [1.54, 1.807) is 7.41 Å². The molecule has 1 aliphatic heterocycles. The number of nitrogens with zero attached hydrogens (tertiary/aromatic N) is 3. The molecule has 17 heavy (non-hydrogen) atoms. The monoisotopic (exact) mass is 225 g/mol. The van der Waals surface area contributed by atoms with Gasteiger partial charge in [0.15, 0.2) is 0 Å². The van der Waals surface area contributed by atoms with Gasteiger partial charge >= 0.3 is 0 Å². The van der Waals surface area contributed by atoms with Crippen molar-refractivity contribution in [2.24, 2.45) is 5.92 Å². The highest BCUT2D eigenvalue weighted by Gasteiger charge is 2.37. The van der Waals surface area contributed by atoms with Gasteiger partial charge in [0, 0.05) is 17.7 Å². The van der Waals surface area contributed by atoms with Crippen LogP contribution < -0.4 is 4.48 Å². The number of pyridine rings is 1. The Balaban J connectivity index is 2.02. The third kappa shape index (κ3) is 1.75.